The molecule has 3 nitrogen and oxygen atoms in total. The molecule has 104 valence electrons. The van der Waals surface area contributed by atoms with Gasteiger partial charge in [-0.2, -0.15) is 0 Å². The van der Waals surface area contributed by atoms with E-state index in [0.717, 1.165) is 50.0 Å². The van der Waals surface area contributed by atoms with Crippen LogP contribution in [0.5, 0.6) is 0 Å². The lowest BCUT2D eigenvalue weighted by Crippen LogP contribution is -2.35. The molecule has 1 amide bonds. The Kier molecular flexibility index (Phi) is 5.67. The summed E-state index contributed by atoms with van der Waals surface area (Å²) in [5.41, 5.74) is 0.721. The highest BCUT2D eigenvalue weighted by Gasteiger charge is 2.19. The number of hydrogen-bond donors (Lipinski definition) is 0. The van der Waals surface area contributed by atoms with Gasteiger partial charge in [-0.15, -0.1) is 0 Å². The van der Waals surface area contributed by atoms with E-state index in [1.165, 1.54) is 0 Å². The molecule has 5 heteroatoms. The Morgan fingerprint density at radius 3 is 2.58 bits per heavy atom. The number of benzene rings is 1. The Bertz CT molecular complexity index is 424. The predicted molar refractivity (Wildman–Crippen MR) is 82.2 cm³/mol. The van der Waals surface area contributed by atoms with Crippen LogP contribution < -0.4 is 0 Å². The largest absolute Gasteiger partial charge is 0.337 e. The highest BCUT2D eigenvalue weighted by atomic mass is 79.9. The first-order chi connectivity index (χ1) is 9.20. The number of halogens is 2. The lowest BCUT2D eigenvalue weighted by atomic mass is 10.2. The minimum absolute atomic E-state index is 0.109. The van der Waals surface area contributed by atoms with Crippen molar-refractivity contribution in [1.29, 1.82) is 0 Å². The van der Waals surface area contributed by atoms with E-state index in [4.69, 9.17) is 11.6 Å². The SMILES string of the molecule is O=C(c1ccc(Cl)cc1)N1CCCN(CCBr)CC1. The van der Waals surface area contributed by atoms with Gasteiger partial charge in [-0.05, 0) is 37.2 Å². The van der Waals surface area contributed by atoms with Gasteiger partial charge in [-0.1, -0.05) is 27.5 Å². The number of amides is 1. The van der Waals surface area contributed by atoms with Crippen LogP contribution >= 0.6 is 27.5 Å². The van der Waals surface area contributed by atoms with Crippen LogP contribution in [0.15, 0.2) is 24.3 Å². The number of carbonyl (C=O) groups excluding carboxylic acids is 1. The van der Waals surface area contributed by atoms with Crippen LogP contribution in [-0.2, 0) is 0 Å². The summed E-state index contributed by atoms with van der Waals surface area (Å²) < 4.78 is 0. The lowest BCUT2D eigenvalue weighted by molar-refractivity contribution is 0.0762. The minimum atomic E-state index is 0.109. The number of nitrogens with zero attached hydrogens (tertiary/aromatic N) is 2. The maximum Gasteiger partial charge on any atom is 0.253 e. The molecule has 1 saturated heterocycles. The summed E-state index contributed by atoms with van der Waals surface area (Å²) in [6.45, 7) is 4.69. The molecule has 1 aliphatic heterocycles. The Balaban J connectivity index is 1.98. The Morgan fingerprint density at radius 2 is 1.89 bits per heavy atom. The third-order valence-electron chi connectivity index (χ3n) is 3.37. The molecule has 0 aliphatic carbocycles. The van der Waals surface area contributed by atoms with E-state index in [0.29, 0.717) is 5.02 Å². The van der Waals surface area contributed by atoms with Crippen LogP contribution in [0.25, 0.3) is 0 Å². The van der Waals surface area contributed by atoms with Gasteiger partial charge in [-0.25, -0.2) is 0 Å². The monoisotopic (exact) mass is 344 g/mol. The second-order valence-corrected chi connectivity index (χ2v) is 5.91. The number of alkyl halides is 1. The van der Waals surface area contributed by atoms with Gasteiger partial charge in [-0.3, -0.25) is 4.79 Å². The van der Waals surface area contributed by atoms with E-state index < -0.39 is 0 Å². The van der Waals surface area contributed by atoms with Crippen molar-refractivity contribution in [3.8, 4) is 0 Å². The molecular weight excluding hydrogens is 328 g/mol. The van der Waals surface area contributed by atoms with Gasteiger partial charge >= 0.3 is 0 Å². The molecule has 0 saturated carbocycles. The highest BCUT2D eigenvalue weighted by molar-refractivity contribution is 9.09. The third-order valence-corrected chi connectivity index (χ3v) is 3.97. The van der Waals surface area contributed by atoms with E-state index in [-0.39, 0.29) is 5.91 Å². The van der Waals surface area contributed by atoms with Crippen molar-refractivity contribution in [2.45, 2.75) is 6.42 Å². The zero-order valence-electron chi connectivity index (χ0n) is 10.8. The molecule has 1 aromatic carbocycles. The molecule has 1 aromatic rings. The van der Waals surface area contributed by atoms with Crippen LogP contribution in [0.4, 0.5) is 0 Å². The van der Waals surface area contributed by atoms with E-state index in [9.17, 15) is 4.79 Å². The minimum Gasteiger partial charge on any atom is -0.337 e. The molecule has 1 aliphatic rings. The summed E-state index contributed by atoms with van der Waals surface area (Å²) in [6.07, 6.45) is 1.03. The van der Waals surface area contributed by atoms with Crippen molar-refractivity contribution in [1.82, 2.24) is 9.80 Å². The second kappa shape index (κ2) is 7.27. The van der Waals surface area contributed by atoms with Crippen molar-refractivity contribution in [2.24, 2.45) is 0 Å². The zero-order chi connectivity index (χ0) is 13.7. The summed E-state index contributed by atoms with van der Waals surface area (Å²) in [5, 5.41) is 1.65. The summed E-state index contributed by atoms with van der Waals surface area (Å²) in [4.78, 5) is 16.7. The Hall–Kier alpha value is -0.580. The highest BCUT2D eigenvalue weighted by Crippen LogP contribution is 2.13. The quantitative estimate of drug-likeness (QED) is 0.787. The molecule has 1 fully saturated rings. The Morgan fingerprint density at radius 1 is 1.16 bits per heavy atom. The average Bonchev–Trinajstić information content (AvgIpc) is 2.65. The van der Waals surface area contributed by atoms with Gasteiger partial charge in [0.25, 0.3) is 5.91 Å². The zero-order valence-corrected chi connectivity index (χ0v) is 13.2. The average molecular weight is 346 g/mol. The number of rotatable bonds is 3. The van der Waals surface area contributed by atoms with Crippen molar-refractivity contribution < 1.29 is 4.79 Å². The Labute approximate surface area is 127 Å². The first-order valence-electron chi connectivity index (χ1n) is 6.54. The number of hydrogen-bond acceptors (Lipinski definition) is 2. The fourth-order valence-electron chi connectivity index (χ4n) is 2.29. The van der Waals surface area contributed by atoms with Gasteiger partial charge in [0.1, 0.15) is 0 Å². The van der Waals surface area contributed by atoms with Crippen LogP contribution in [-0.4, -0.2) is 53.8 Å². The molecule has 0 aromatic heterocycles. The first kappa shape index (κ1) is 14.8. The van der Waals surface area contributed by atoms with Gasteiger partial charge in [0, 0.05) is 42.1 Å². The fourth-order valence-corrected chi connectivity index (χ4v) is 2.92. The van der Waals surface area contributed by atoms with E-state index in [1.807, 2.05) is 4.90 Å². The topological polar surface area (TPSA) is 23.6 Å². The summed E-state index contributed by atoms with van der Waals surface area (Å²) >= 11 is 9.31. The number of carbonyl (C=O) groups is 1. The van der Waals surface area contributed by atoms with Crippen LogP contribution in [0, 0.1) is 0 Å². The van der Waals surface area contributed by atoms with E-state index in [1.54, 1.807) is 24.3 Å². The van der Waals surface area contributed by atoms with Crippen LogP contribution in [0.2, 0.25) is 5.02 Å². The molecule has 0 bridgehead atoms. The third kappa shape index (κ3) is 4.20. The molecule has 1 heterocycles. The molecule has 0 radical (unpaired) electrons. The smallest absolute Gasteiger partial charge is 0.253 e. The predicted octanol–water partition coefficient (Wildman–Crippen LogP) is 2.88. The van der Waals surface area contributed by atoms with Gasteiger partial charge in [0.05, 0.1) is 0 Å². The molecular formula is C14H18BrClN2O. The van der Waals surface area contributed by atoms with Gasteiger partial charge < -0.3 is 9.80 Å². The van der Waals surface area contributed by atoms with Crippen molar-refractivity contribution in [3.05, 3.63) is 34.9 Å². The maximum absolute atomic E-state index is 12.4. The van der Waals surface area contributed by atoms with Crippen LogP contribution in [0.3, 0.4) is 0 Å². The van der Waals surface area contributed by atoms with Crippen molar-refractivity contribution in [3.63, 3.8) is 0 Å². The summed E-state index contributed by atoms with van der Waals surface area (Å²) in [5.74, 6) is 0.109. The first-order valence-corrected chi connectivity index (χ1v) is 8.04. The molecule has 19 heavy (non-hydrogen) atoms. The van der Waals surface area contributed by atoms with Crippen LogP contribution in [0.1, 0.15) is 16.8 Å². The molecule has 2 rings (SSSR count). The van der Waals surface area contributed by atoms with Crippen molar-refractivity contribution in [2.75, 3.05) is 38.1 Å². The summed E-state index contributed by atoms with van der Waals surface area (Å²) in [6, 6.07) is 7.13. The second-order valence-electron chi connectivity index (χ2n) is 4.68. The van der Waals surface area contributed by atoms with E-state index >= 15 is 0 Å². The maximum atomic E-state index is 12.4. The standard InChI is InChI=1S/C14H18BrClN2O/c15-6-9-17-7-1-8-18(11-10-17)14(19)12-2-4-13(16)5-3-12/h2-5H,1,6-11H2. The summed E-state index contributed by atoms with van der Waals surface area (Å²) in [7, 11) is 0. The van der Waals surface area contributed by atoms with Gasteiger partial charge in [0.15, 0.2) is 0 Å². The van der Waals surface area contributed by atoms with Gasteiger partial charge in [0.2, 0.25) is 0 Å². The molecule has 0 atom stereocenters. The normalized spacial score (nSPS) is 17.3. The van der Waals surface area contributed by atoms with E-state index in [2.05, 4.69) is 20.8 Å². The lowest BCUT2D eigenvalue weighted by Gasteiger charge is -2.21. The molecule has 0 spiro atoms. The fraction of sp³-hybridized carbons (Fsp3) is 0.500. The molecule has 0 N–H and O–H groups in total. The van der Waals surface area contributed by atoms with Crippen molar-refractivity contribution >= 4 is 33.4 Å². The molecule has 0 unspecified atom stereocenters.